The van der Waals surface area contributed by atoms with Crippen LogP contribution in [0.5, 0.6) is 11.5 Å². The smallest absolute Gasteiger partial charge is 0.255 e. The topological polar surface area (TPSA) is 97.3 Å². The van der Waals surface area contributed by atoms with Gasteiger partial charge in [-0.25, -0.2) is 13.8 Å². The second-order valence-corrected chi connectivity index (χ2v) is 9.17. The first-order chi connectivity index (χ1) is 16.4. The minimum absolute atomic E-state index is 0.0330. The fourth-order valence-corrected chi connectivity index (χ4v) is 4.49. The first kappa shape index (κ1) is 24.9. The minimum atomic E-state index is -3.96. The van der Waals surface area contributed by atoms with Gasteiger partial charge in [-0.15, -0.1) is 0 Å². The lowest BCUT2D eigenvalue weighted by Gasteiger charge is -2.21. The molecule has 34 heavy (non-hydrogen) atoms. The van der Waals surface area contributed by atoms with E-state index in [1.54, 1.807) is 48.5 Å². The van der Waals surface area contributed by atoms with Gasteiger partial charge in [0.05, 0.1) is 31.4 Å². The number of hydrazone groups is 1. The monoisotopic (exact) mass is 481 g/mol. The van der Waals surface area contributed by atoms with Crippen LogP contribution >= 0.6 is 0 Å². The van der Waals surface area contributed by atoms with Crippen molar-refractivity contribution < 1.29 is 22.7 Å². The Morgan fingerprint density at radius 2 is 1.62 bits per heavy atom. The molecule has 0 radical (unpaired) electrons. The molecule has 0 unspecified atom stereocenters. The van der Waals surface area contributed by atoms with E-state index in [9.17, 15) is 13.2 Å². The number of hydrogen-bond donors (Lipinski definition) is 1. The van der Waals surface area contributed by atoms with Crippen molar-refractivity contribution in [1.29, 1.82) is 0 Å². The zero-order valence-electron chi connectivity index (χ0n) is 19.0. The van der Waals surface area contributed by atoms with Crippen molar-refractivity contribution in [2.24, 2.45) is 5.10 Å². The number of amides is 1. The molecule has 3 aromatic carbocycles. The van der Waals surface area contributed by atoms with Crippen LogP contribution in [-0.4, -0.2) is 45.1 Å². The summed E-state index contributed by atoms with van der Waals surface area (Å²) in [5.41, 5.74) is 3.92. The van der Waals surface area contributed by atoms with Crippen molar-refractivity contribution in [3.8, 4) is 11.5 Å². The van der Waals surface area contributed by atoms with Gasteiger partial charge in [0.2, 0.25) is 10.0 Å². The Hall–Kier alpha value is -3.69. The maximum atomic E-state index is 13.3. The number of benzene rings is 3. The molecule has 9 heteroatoms. The van der Waals surface area contributed by atoms with Crippen LogP contribution in [0.4, 0.5) is 0 Å². The molecule has 0 heterocycles. The number of nitrogens with zero attached hydrogens (tertiary/aromatic N) is 2. The highest BCUT2D eigenvalue weighted by atomic mass is 32.2. The summed E-state index contributed by atoms with van der Waals surface area (Å²) < 4.78 is 38.2. The Morgan fingerprint density at radius 1 is 0.971 bits per heavy atom. The largest absolute Gasteiger partial charge is 0.497 e. The van der Waals surface area contributed by atoms with E-state index in [0.717, 1.165) is 21.2 Å². The van der Waals surface area contributed by atoms with E-state index >= 15 is 0 Å². The van der Waals surface area contributed by atoms with E-state index in [2.05, 4.69) is 10.5 Å². The van der Waals surface area contributed by atoms with Gasteiger partial charge in [0.1, 0.15) is 11.5 Å². The number of rotatable bonds is 11. The van der Waals surface area contributed by atoms with Crippen LogP contribution in [-0.2, 0) is 21.4 Å². The van der Waals surface area contributed by atoms with Crippen LogP contribution in [0.2, 0.25) is 0 Å². The molecule has 3 rings (SSSR count). The number of carbonyl (C=O) groups excluding carboxylic acids is 1. The molecule has 0 aromatic heterocycles. The van der Waals surface area contributed by atoms with Crippen LogP contribution in [0.1, 0.15) is 18.1 Å². The first-order valence-electron chi connectivity index (χ1n) is 10.6. The maximum Gasteiger partial charge on any atom is 0.255 e. The molecule has 0 aliphatic carbocycles. The second kappa shape index (κ2) is 12.0. The van der Waals surface area contributed by atoms with E-state index in [4.69, 9.17) is 9.47 Å². The molecule has 3 aromatic rings. The normalized spacial score (nSPS) is 11.5. The third-order valence-corrected chi connectivity index (χ3v) is 6.62. The number of hydrogen-bond acceptors (Lipinski definition) is 6. The summed E-state index contributed by atoms with van der Waals surface area (Å²) in [4.78, 5) is 12.6. The fourth-order valence-electron chi connectivity index (χ4n) is 3.10. The molecule has 0 bridgehead atoms. The van der Waals surface area contributed by atoms with Crippen LogP contribution in [0.15, 0.2) is 88.9 Å². The predicted octanol–water partition coefficient (Wildman–Crippen LogP) is 3.44. The van der Waals surface area contributed by atoms with Crippen LogP contribution in [0, 0.1) is 0 Å². The van der Waals surface area contributed by atoms with Crippen LogP contribution in [0.25, 0.3) is 0 Å². The minimum Gasteiger partial charge on any atom is -0.497 e. The average molecular weight is 482 g/mol. The summed E-state index contributed by atoms with van der Waals surface area (Å²) >= 11 is 0. The molecular weight excluding hydrogens is 454 g/mol. The van der Waals surface area contributed by atoms with Gasteiger partial charge in [0.25, 0.3) is 5.91 Å². The summed E-state index contributed by atoms with van der Waals surface area (Å²) in [5.74, 6) is 0.717. The second-order valence-electron chi connectivity index (χ2n) is 7.23. The Balaban J connectivity index is 1.73. The molecule has 1 amide bonds. The highest BCUT2D eigenvalue weighted by Crippen LogP contribution is 2.21. The van der Waals surface area contributed by atoms with E-state index < -0.39 is 22.5 Å². The van der Waals surface area contributed by atoms with Crippen molar-refractivity contribution in [1.82, 2.24) is 9.73 Å². The lowest BCUT2D eigenvalue weighted by molar-refractivity contribution is -0.121. The van der Waals surface area contributed by atoms with Crippen molar-refractivity contribution in [3.63, 3.8) is 0 Å². The van der Waals surface area contributed by atoms with E-state index in [1.165, 1.54) is 25.5 Å². The fraction of sp³-hybridized carbons (Fsp3) is 0.200. The number of nitrogens with one attached hydrogen (secondary N) is 1. The zero-order chi connectivity index (χ0) is 24.4. The summed E-state index contributed by atoms with van der Waals surface area (Å²) in [6.45, 7) is 2.11. The highest BCUT2D eigenvalue weighted by molar-refractivity contribution is 7.89. The standard InChI is InChI=1S/C25H27N3O5S/c1-3-33-23-11-9-20(10-12-23)17-26-27-25(29)19-28(18-21-7-5-4-6-8-21)34(30,31)24-15-13-22(32-2)14-16-24/h4-17H,3,18-19H2,1-2H3,(H,27,29)/b26-17-. The molecule has 0 saturated heterocycles. The number of carbonyl (C=O) groups is 1. The van der Waals surface area contributed by atoms with Crippen LogP contribution < -0.4 is 14.9 Å². The molecule has 0 aliphatic rings. The Labute approximate surface area is 199 Å². The molecule has 0 spiro atoms. The van der Waals surface area contributed by atoms with E-state index in [-0.39, 0.29) is 11.4 Å². The Bertz CT molecular complexity index is 1200. The van der Waals surface area contributed by atoms with Crippen LogP contribution in [0.3, 0.4) is 0 Å². The van der Waals surface area contributed by atoms with Crippen molar-refractivity contribution in [2.75, 3.05) is 20.3 Å². The molecule has 1 N–H and O–H groups in total. The lowest BCUT2D eigenvalue weighted by atomic mass is 10.2. The number of ether oxygens (including phenoxy) is 2. The third kappa shape index (κ3) is 6.90. The molecule has 8 nitrogen and oxygen atoms in total. The summed E-state index contributed by atoms with van der Waals surface area (Å²) in [6, 6.07) is 22.3. The summed E-state index contributed by atoms with van der Waals surface area (Å²) in [7, 11) is -2.45. The van der Waals surface area contributed by atoms with Crippen molar-refractivity contribution >= 4 is 22.1 Å². The van der Waals surface area contributed by atoms with E-state index in [1.807, 2.05) is 25.1 Å². The maximum absolute atomic E-state index is 13.3. The lowest BCUT2D eigenvalue weighted by Crippen LogP contribution is -2.39. The molecule has 0 atom stereocenters. The molecule has 0 aliphatic heterocycles. The van der Waals surface area contributed by atoms with Gasteiger partial charge in [-0.1, -0.05) is 30.3 Å². The van der Waals surface area contributed by atoms with Gasteiger partial charge in [-0.3, -0.25) is 4.79 Å². The molecule has 178 valence electrons. The molecule has 0 saturated carbocycles. The summed E-state index contributed by atoms with van der Waals surface area (Å²) in [6.07, 6.45) is 1.48. The zero-order valence-corrected chi connectivity index (χ0v) is 19.9. The number of sulfonamides is 1. The Morgan fingerprint density at radius 3 is 2.24 bits per heavy atom. The van der Waals surface area contributed by atoms with Crippen molar-refractivity contribution in [3.05, 3.63) is 90.0 Å². The first-order valence-corrected chi connectivity index (χ1v) is 12.1. The highest BCUT2D eigenvalue weighted by Gasteiger charge is 2.27. The SMILES string of the molecule is CCOc1ccc(/C=N\NC(=O)CN(Cc2ccccc2)S(=O)(=O)c2ccc(OC)cc2)cc1. The van der Waals surface area contributed by atoms with Crippen molar-refractivity contribution in [2.45, 2.75) is 18.4 Å². The van der Waals surface area contributed by atoms with Gasteiger partial charge in [-0.2, -0.15) is 9.41 Å². The number of methoxy groups -OCH3 is 1. The summed E-state index contributed by atoms with van der Waals surface area (Å²) in [5, 5.41) is 3.95. The molecule has 0 fully saturated rings. The van der Waals surface area contributed by atoms with Gasteiger partial charge in [0.15, 0.2) is 0 Å². The van der Waals surface area contributed by atoms with Gasteiger partial charge >= 0.3 is 0 Å². The molecular formula is C25H27N3O5S. The van der Waals surface area contributed by atoms with Gasteiger partial charge < -0.3 is 9.47 Å². The average Bonchev–Trinajstić information content (AvgIpc) is 2.85. The quantitative estimate of drug-likeness (QED) is 0.334. The van der Waals surface area contributed by atoms with Gasteiger partial charge in [0, 0.05) is 6.54 Å². The van der Waals surface area contributed by atoms with Gasteiger partial charge in [-0.05, 0) is 66.6 Å². The predicted molar refractivity (Wildman–Crippen MR) is 130 cm³/mol. The third-order valence-electron chi connectivity index (χ3n) is 4.81. The van der Waals surface area contributed by atoms with E-state index in [0.29, 0.717) is 12.4 Å². The Kier molecular flexibility index (Phi) is 8.78.